The van der Waals surface area contributed by atoms with Gasteiger partial charge in [-0.2, -0.15) is 11.8 Å². The number of pyridine rings is 1. The Labute approximate surface area is 133 Å². The van der Waals surface area contributed by atoms with Crippen LogP contribution in [0, 0.1) is 0 Å². The van der Waals surface area contributed by atoms with Crippen molar-refractivity contribution in [1.29, 1.82) is 0 Å². The smallest absolute Gasteiger partial charge is 0.129 e. The molecule has 0 radical (unpaired) electrons. The normalized spacial score (nSPS) is 16.6. The van der Waals surface area contributed by atoms with Gasteiger partial charge in [-0.1, -0.05) is 34.6 Å². The summed E-state index contributed by atoms with van der Waals surface area (Å²) >= 11 is 2.04. The number of nitrogens with zero attached hydrogens (tertiary/aromatic N) is 2. The van der Waals surface area contributed by atoms with Crippen molar-refractivity contribution in [3.8, 4) is 0 Å². The highest BCUT2D eigenvalue weighted by molar-refractivity contribution is 7.99. The predicted molar refractivity (Wildman–Crippen MR) is 94.5 cm³/mol. The van der Waals surface area contributed by atoms with Crippen LogP contribution in [0.1, 0.15) is 45.9 Å². The van der Waals surface area contributed by atoms with E-state index in [1.54, 1.807) is 0 Å². The van der Waals surface area contributed by atoms with Crippen molar-refractivity contribution in [2.24, 2.45) is 0 Å². The third-order valence-electron chi connectivity index (χ3n) is 3.69. The van der Waals surface area contributed by atoms with Gasteiger partial charge in [-0.3, -0.25) is 0 Å². The summed E-state index contributed by atoms with van der Waals surface area (Å²) in [5.41, 5.74) is 2.63. The fraction of sp³-hybridized carbons (Fsp3) is 0.706. The highest BCUT2D eigenvalue weighted by Crippen LogP contribution is 2.26. The first-order valence-corrected chi connectivity index (χ1v) is 9.09. The van der Waals surface area contributed by atoms with Crippen LogP contribution in [0.15, 0.2) is 12.1 Å². The molecule has 2 rings (SSSR count). The Morgan fingerprint density at radius 1 is 1.24 bits per heavy atom. The lowest BCUT2D eigenvalue weighted by Crippen LogP contribution is -2.34. The summed E-state index contributed by atoms with van der Waals surface area (Å²) in [6.45, 7) is 14.2. The zero-order valence-electron chi connectivity index (χ0n) is 14.1. The Kier molecular flexibility index (Phi) is 5.55. The SMILES string of the molecule is CC(C)NCc1cc(N2CCSCC2)nc(C(C)(C)C)c1. The molecule has 0 spiro atoms. The number of hydrogen-bond donors (Lipinski definition) is 1. The summed E-state index contributed by atoms with van der Waals surface area (Å²) in [6, 6.07) is 5.03. The molecule has 0 atom stereocenters. The number of aromatic nitrogens is 1. The lowest BCUT2D eigenvalue weighted by molar-refractivity contribution is 0.560. The van der Waals surface area contributed by atoms with Crippen LogP contribution in [-0.2, 0) is 12.0 Å². The van der Waals surface area contributed by atoms with Gasteiger partial charge in [-0.05, 0) is 17.7 Å². The first-order chi connectivity index (χ1) is 9.86. The molecule has 1 aliphatic rings. The molecular weight excluding hydrogens is 278 g/mol. The number of nitrogens with one attached hydrogen (secondary N) is 1. The van der Waals surface area contributed by atoms with Gasteiger partial charge in [-0.25, -0.2) is 4.98 Å². The fourth-order valence-corrected chi connectivity index (χ4v) is 3.24. The molecule has 1 fully saturated rings. The van der Waals surface area contributed by atoms with Crippen LogP contribution in [-0.4, -0.2) is 35.6 Å². The molecule has 1 saturated heterocycles. The Balaban J connectivity index is 2.27. The molecule has 3 nitrogen and oxygen atoms in total. The maximum absolute atomic E-state index is 4.94. The Morgan fingerprint density at radius 2 is 1.90 bits per heavy atom. The second kappa shape index (κ2) is 7.01. The first-order valence-electron chi connectivity index (χ1n) is 7.94. The van der Waals surface area contributed by atoms with Crippen molar-refractivity contribution in [3.63, 3.8) is 0 Å². The zero-order valence-corrected chi connectivity index (χ0v) is 14.9. The van der Waals surface area contributed by atoms with E-state index in [-0.39, 0.29) is 5.41 Å². The van der Waals surface area contributed by atoms with Crippen LogP contribution in [0.3, 0.4) is 0 Å². The third kappa shape index (κ3) is 4.89. The summed E-state index contributed by atoms with van der Waals surface area (Å²) in [4.78, 5) is 7.38. The van der Waals surface area contributed by atoms with Crippen LogP contribution in [0.25, 0.3) is 0 Å². The molecule has 1 aromatic rings. The highest BCUT2D eigenvalue weighted by Gasteiger charge is 2.20. The molecule has 1 N–H and O–H groups in total. The van der Waals surface area contributed by atoms with E-state index < -0.39 is 0 Å². The van der Waals surface area contributed by atoms with Crippen LogP contribution in [0.5, 0.6) is 0 Å². The van der Waals surface area contributed by atoms with Crippen molar-refractivity contribution in [1.82, 2.24) is 10.3 Å². The van der Waals surface area contributed by atoms with E-state index in [9.17, 15) is 0 Å². The van der Waals surface area contributed by atoms with Gasteiger partial charge >= 0.3 is 0 Å². The van der Waals surface area contributed by atoms with E-state index >= 15 is 0 Å². The maximum atomic E-state index is 4.94. The molecule has 1 aromatic heterocycles. The molecule has 0 amide bonds. The number of thioether (sulfide) groups is 1. The van der Waals surface area contributed by atoms with Gasteiger partial charge in [0.05, 0.1) is 0 Å². The van der Waals surface area contributed by atoms with Gasteiger partial charge in [0.1, 0.15) is 5.82 Å². The lowest BCUT2D eigenvalue weighted by Gasteiger charge is -2.30. The molecule has 4 heteroatoms. The van der Waals surface area contributed by atoms with E-state index in [1.165, 1.54) is 22.8 Å². The monoisotopic (exact) mass is 307 g/mol. The standard InChI is InChI=1S/C17H29N3S/c1-13(2)18-12-14-10-15(17(3,4)5)19-16(11-14)20-6-8-21-9-7-20/h10-11,13,18H,6-9,12H2,1-5H3. The summed E-state index contributed by atoms with van der Waals surface area (Å²) in [6.07, 6.45) is 0. The molecule has 0 unspecified atom stereocenters. The van der Waals surface area contributed by atoms with Crippen molar-refractivity contribution < 1.29 is 0 Å². The van der Waals surface area contributed by atoms with Gasteiger partial charge in [0.25, 0.3) is 0 Å². The summed E-state index contributed by atoms with van der Waals surface area (Å²) in [5.74, 6) is 3.57. The number of rotatable bonds is 4. The second-order valence-corrected chi connectivity index (χ2v) is 8.33. The molecule has 0 bridgehead atoms. The van der Waals surface area contributed by atoms with Gasteiger partial charge in [0.15, 0.2) is 0 Å². The van der Waals surface area contributed by atoms with Gasteiger partial charge in [-0.15, -0.1) is 0 Å². The van der Waals surface area contributed by atoms with E-state index in [0.29, 0.717) is 6.04 Å². The number of hydrogen-bond acceptors (Lipinski definition) is 4. The fourth-order valence-electron chi connectivity index (χ4n) is 2.33. The predicted octanol–water partition coefficient (Wildman–Crippen LogP) is 3.43. The van der Waals surface area contributed by atoms with Gasteiger partial charge in [0, 0.05) is 48.3 Å². The molecule has 1 aliphatic heterocycles. The Morgan fingerprint density at radius 3 is 2.48 bits per heavy atom. The van der Waals surface area contributed by atoms with Crippen LogP contribution < -0.4 is 10.2 Å². The molecule has 21 heavy (non-hydrogen) atoms. The molecule has 0 saturated carbocycles. The summed E-state index contributed by atoms with van der Waals surface area (Å²) in [7, 11) is 0. The van der Waals surface area contributed by atoms with Gasteiger partial charge < -0.3 is 10.2 Å². The quantitative estimate of drug-likeness (QED) is 0.922. The van der Waals surface area contributed by atoms with Crippen molar-refractivity contribution in [2.75, 3.05) is 29.5 Å². The second-order valence-electron chi connectivity index (χ2n) is 7.10. The number of anilines is 1. The van der Waals surface area contributed by atoms with E-state index in [4.69, 9.17) is 4.98 Å². The first kappa shape index (κ1) is 16.6. The van der Waals surface area contributed by atoms with Gasteiger partial charge in [0.2, 0.25) is 0 Å². The van der Waals surface area contributed by atoms with Crippen LogP contribution in [0.4, 0.5) is 5.82 Å². The van der Waals surface area contributed by atoms with E-state index in [0.717, 1.165) is 25.5 Å². The van der Waals surface area contributed by atoms with E-state index in [1.807, 2.05) is 11.8 Å². The van der Waals surface area contributed by atoms with E-state index in [2.05, 4.69) is 57.0 Å². The zero-order chi connectivity index (χ0) is 15.5. The highest BCUT2D eigenvalue weighted by atomic mass is 32.2. The average Bonchev–Trinajstić information content (AvgIpc) is 2.45. The molecular formula is C17H29N3S. The lowest BCUT2D eigenvalue weighted by atomic mass is 9.90. The minimum atomic E-state index is 0.0904. The Hall–Kier alpha value is -0.740. The van der Waals surface area contributed by atoms with Crippen molar-refractivity contribution >= 4 is 17.6 Å². The van der Waals surface area contributed by atoms with Crippen molar-refractivity contribution in [3.05, 3.63) is 23.4 Å². The minimum Gasteiger partial charge on any atom is -0.355 e. The third-order valence-corrected chi connectivity index (χ3v) is 4.63. The molecule has 0 aromatic carbocycles. The molecule has 2 heterocycles. The maximum Gasteiger partial charge on any atom is 0.129 e. The molecule has 0 aliphatic carbocycles. The minimum absolute atomic E-state index is 0.0904. The molecule has 118 valence electrons. The average molecular weight is 308 g/mol. The largest absolute Gasteiger partial charge is 0.355 e. The topological polar surface area (TPSA) is 28.2 Å². The van der Waals surface area contributed by atoms with Crippen LogP contribution in [0.2, 0.25) is 0 Å². The summed E-state index contributed by atoms with van der Waals surface area (Å²) in [5, 5.41) is 3.52. The van der Waals surface area contributed by atoms with Crippen LogP contribution >= 0.6 is 11.8 Å². The summed E-state index contributed by atoms with van der Waals surface area (Å²) < 4.78 is 0. The van der Waals surface area contributed by atoms with Crippen molar-refractivity contribution in [2.45, 2.75) is 52.6 Å². The Bertz CT molecular complexity index is 460.